The van der Waals surface area contributed by atoms with E-state index < -0.39 is 5.97 Å². The van der Waals surface area contributed by atoms with Crippen molar-refractivity contribution in [2.24, 2.45) is 5.92 Å². The second-order valence-corrected chi connectivity index (χ2v) is 7.08. The number of fused-ring (bicyclic) bond motifs is 1. The van der Waals surface area contributed by atoms with Gasteiger partial charge in [0.25, 0.3) is 0 Å². The summed E-state index contributed by atoms with van der Waals surface area (Å²) < 4.78 is 0.977. The van der Waals surface area contributed by atoms with E-state index in [0.717, 1.165) is 21.7 Å². The third kappa shape index (κ3) is 3.14. The number of piperidine rings is 1. The van der Waals surface area contributed by atoms with Crippen molar-refractivity contribution < 1.29 is 9.90 Å². The number of thiophene rings is 1. The van der Waals surface area contributed by atoms with Gasteiger partial charge in [-0.1, -0.05) is 0 Å². The van der Waals surface area contributed by atoms with E-state index in [-0.39, 0.29) is 5.92 Å². The molecule has 1 aliphatic rings. The Kier molecular flexibility index (Phi) is 4.00. The number of rotatable bonds is 4. The minimum absolute atomic E-state index is 0.272. The SMILES string of the molecule is Cc1cc(Nc2nc(N3CCC(C(=O)O)CC3)nc3ccsc23)n[nH]1. The van der Waals surface area contributed by atoms with Crippen LogP contribution >= 0.6 is 11.3 Å². The number of aromatic nitrogens is 4. The second kappa shape index (κ2) is 6.32. The highest BCUT2D eigenvalue weighted by molar-refractivity contribution is 7.17. The van der Waals surface area contributed by atoms with Crippen molar-refractivity contribution in [1.82, 2.24) is 20.2 Å². The number of aliphatic carboxylic acids is 1. The number of hydrogen-bond acceptors (Lipinski definition) is 7. The average Bonchev–Trinajstić information content (AvgIpc) is 3.23. The highest BCUT2D eigenvalue weighted by atomic mass is 32.1. The monoisotopic (exact) mass is 358 g/mol. The molecule has 0 amide bonds. The van der Waals surface area contributed by atoms with Crippen LogP contribution in [-0.2, 0) is 4.79 Å². The summed E-state index contributed by atoms with van der Waals surface area (Å²) in [5.74, 6) is 1.07. The van der Waals surface area contributed by atoms with Crippen LogP contribution in [0.4, 0.5) is 17.6 Å². The number of aryl methyl sites for hydroxylation is 1. The Bertz CT molecular complexity index is 912. The minimum Gasteiger partial charge on any atom is -0.481 e. The summed E-state index contributed by atoms with van der Waals surface area (Å²) in [5.41, 5.74) is 1.85. The molecule has 1 saturated heterocycles. The van der Waals surface area contributed by atoms with Crippen LogP contribution in [0.3, 0.4) is 0 Å². The summed E-state index contributed by atoms with van der Waals surface area (Å²) >= 11 is 1.58. The molecule has 9 heteroatoms. The normalized spacial score (nSPS) is 15.6. The van der Waals surface area contributed by atoms with Crippen LogP contribution in [0.25, 0.3) is 10.2 Å². The number of H-pyrrole nitrogens is 1. The number of hydrogen-bond donors (Lipinski definition) is 3. The van der Waals surface area contributed by atoms with Crippen molar-refractivity contribution in [1.29, 1.82) is 0 Å². The molecule has 3 aromatic rings. The van der Waals surface area contributed by atoms with E-state index >= 15 is 0 Å². The fraction of sp³-hybridized carbons (Fsp3) is 0.375. The quantitative estimate of drug-likeness (QED) is 0.658. The first-order valence-corrected chi connectivity index (χ1v) is 9.00. The predicted octanol–water partition coefficient (Wildman–Crippen LogP) is 2.77. The summed E-state index contributed by atoms with van der Waals surface area (Å²) in [6, 6.07) is 3.88. The Morgan fingerprint density at radius 2 is 2.20 bits per heavy atom. The molecule has 0 atom stereocenters. The van der Waals surface area contributed by atoms with Crippen molar-refractivity contribution in [3.8, 4) is 0 Å². The number of carboxylic acids is 1. The molecule has 4 heterocycles. The van der Waals surface area contributed by atoms with Crippen LogP contribution in [0.5, 0.6) is 0 Å². The van der Waals surface area contributed by atoms with Crippen molar-refractivity contribution in [3.63, 3.8) is 0 Å². The summed E-state index contributed by atoms with van der Waals surface area (Å²) in [6.45, 7) is 3.23. The molecule has 1 fully saturated rings. The third-order valence-corrected chi connectivity index (χ3v) is 5.28. The molecular weight excluding hydrogens is 340 g/mol. The van der Waals surface area contributed by atoms with Gasteiger partial charge in [-0.3, -0.25) is 9.89 Å². The zero-order chi connectivity index (χ0) is 17.4. The van der Waals surface area contributed by atoms with Crippen LogP contribution in [0.1, 0.15) is 18.5 Å². The van der Waals surface area contributed by atoms with Crippen LogP contribution in [-0.4, -0.2) is 44.3 Å². The standard InChI is InChI=1S/C16H18N6O2S/c1-9-8-12(21-20-9)18-14-13-11(4-7-25-13)17-16(19-14)22-5-2-10(3-6-22)15(23)24/h4,7-8,10H,2-3,5-6H2,1H3,(H,23,24)(H2,17,18,19,20,21). The Balaban J connectivity index is 1.63. The van der Waals surface area contributed by atoms with Crippen molar-refractivity contribution in [2.45, 2.75) is 19.8 Å². The van der Waals surface area contributed by atoms with E-state index in [4.69, 9.17) is 5.11 Å². The maximum absolute atomic E-state index is 11.1. The topological polar surface area (TPSA) is 107 Å². The number of anilines is 3. The van der Waals surface area contributed by atoms with Crippen molar-refractivity contribution in [3.05, 3.63) is 23.2 Å². The fourth-order valence-corrected chi connectivity index (χ4v) is 3.78. The molecule has 0 radical (unpaired) electrons. The first-order valence-electron chi connectivity index (χ1n) is 8.12. The van der Waals surface area contributed by atoms with Gasteiger partial charge >= 0.3 is 5.97 Å². The Hall–Kier alpha value is -2.68. The maximum Gasteiger partial charge on any atom is 0.306 e. The van der Waals surface area contributed by atoms with Gasteiger partial charge in [0.05, 0.1) is 16.1 Å². The lowest BCUT2D eigenvalue weighted by atomic mass is 9.97. The van der Waals surface area contributed by atoms with Gasteiger partial charge in [0, 0.05) is 24.8 Å². The Morgan fingerprint density at radius 1 is 1.40 bits per heavy atom. The zero-order valence-electron chi connectivity index (χ0n) is 13.7. The van der Waals surface area contributed by atoms with Gasteiger partial charge in [0.1, 0.15) is 0 Å². The van der Waals surface area contributed by atoms with Crippen LogP contribution in [0.15, 0.2) is 17.5 Å². The molecule has 130 valence electrons. The van der Waals surface area contributed by atoms with Gasteiger partial charge in [-0.25, -0.2) is 4.98 Å². The summed E-state index contributed by atoms with van der Waals surface area (Å²) in [5, 5.41) is 21.5. The van der Waals surface area contributed by atoms with Crippen molar-refractivity contribution in [2.75, 3.05) is 23.3 Å². The fourth-order valence-electron chi connectivity index (χ4n) is 3.01. The lowest BCUT2D eigenvalue weighted by molar-refractivity contribution is -0.142. The number of carboxylic acid groups (broad SMARTS) is 1. The summed E-state index contributed by atoms with van der Waals surface area (Å²) in [6.07, 6.45) is 1.23. The van der Waals surface area contributed by atoms with Gasteiger partial charge in [-0.15, -0.1) is 11.3 Å². The number of nitrogens with one attached hydrogen (secondary N) is 2. The molecule has 0 saturated carbocycles. The van der Waals surface area contributed by atoms with E-state index in [0.29, 0.717) is 37.7 Å². The van der Waals surface area contributed by atoms with Gasteiger partial charge < -0.3 is 15.3 Å². The third-order valence-electron chi connectivity index (χ3n) is 4.37. The molecule has 25 heavy (non-hydrogen) atoms. The molecular formula is C16H18N6O2S. The smallest absolute Gasteiger partial charge is 0.306 e. The average molecular weight is 358 g/mol. The first-order chi connectivity index (χ1) is 12.1. The van der Waals surface area contributed by atoms with Crippen molar-refractivity contribution >= 4 is 45.1 Å². The summed E-state index contributed by atoms with van der Waals surface area (Å²) in [4.78, 5) is 22.5. The highest BCUT2D eigenvalue weighted by Gasteiger charge is 2.26. The van der Waals surface area contributed by atoms with Gasteiger partial charge in [0.2, 0.25) is 5.95 Å². The summed E-state index contributed by atoms with van der Waals surface area (Å²) in [7, 11) is 0. The van der Waals surface area contributed by atoms with E-state index in [1.807, 2.05) is 24.4 Å². The van der Waals surface area contributed by atoms with Gasteiger partial charge in [-0.2, -0.15) is 10.1 Å². The minimum atomic E-state index is -0.717. The maximum atomic E-state index is 11.1. The second-order valence-electron chi connectivity index (χ2n) is 6.17. The highest BCUT2D eigenvalue weighted by Crippen LogP contribution is 2.31. The van der Waals surface area contributed by atoms with E-state index in [9.17, 15) is 4.79 Å². The number of nitrogens with zero attached hydrogens (tertiary/aromatic N) is 4. The molecule has 3 aromatic heterocycles. The van der Waals surface area contributed by atoms with Crippen LogP contribution < -0.4 is 10.2 Å². The molecule has 0 aromatic carbocycles. The lowest BCUT2D eigenvalue weighted by Gasteiger charge is -2.30. The molecule has 0 unspecified atom stereocenters. The molecule has 4 rings (SSSR count). The predicted molar refractivity (Wildman–Crippen MR) is 96.6 cm³/mol. The molecule has 3 N–H and O–H groups in total. The molecule has 1 aliphatic heterocycles. The van der Waals surface area contributed by atoms with Crippen LogP contribution in [0, 0.1) is 12.8 Å². The van der Waals surface area contributed by atoms with Crippen LogP contribution in [0.2, 0.25) is 0 Å². The molecule has 0 bridgehead atoms. The number of aromatic amines is 1. The first kappa shape index (κ1) is 15.8. The molecule has 0 spiro atoms. The molecule has 8 nitrogen and oxygen atoms in total. The Labute approximate surface area is 147 Å². The van der Waals surface area contributed by atoms with Gasteiger partial charge in [0.15, 0.2) is 11.6 Å². The van der Waals surface area contributed by atoms with E-state index in [1.165, 1.54) is 0 Å². The molecule has 0 aliphatic carbocycles. The van der Waals surface area contributed by atoms with E-state index in [2.05, 4.69) is 30.4 Å². The zero-order valence-corrected chi connectivity index (χ0v) is 14.5. The number of carbonyl (C=O) groups is 1. The van der Waals surface area contributed by atoms with Gasteiger partial charge in [-0.05, 0) is 31.2 Å². The van der Waals surface area contributed by atoms with E-state index in [1.54, 1.807) is 11.3 Å². The Morgan fingerprint density at radius 3 is 2.88 bits per heavy atom. The lowest BCUT2D eigenvalue weighted by Crippen LogP contribution is -2.37. The largest absolute Gasteiger partial charge is 0.481 e.